The molecule has 0 aromatic carbocycles. The lowest BCUT2D eigenvalue weighted by molar-refractivity contribution is -0.144. The van der Waals surface area contributed by atoms with Crippen LogP contribution in [-0.4, -0.2) is 50.3 Å². The van der Waals surface area contributed by atoms with E-state index in [1.165, 1.54) is 9.08 Å². The van der Waals surface area contributed by atoms with Gasteiger partial charge in [0.25, 0.3) is 0 Å². The summed E-state index contributed by atoms with van der Waals surface area (Å²) in [6.07, 6.45) is 1.66. The Bertz CT molecular complexity index is 720. The SMILES string of the molecule is C[C@H]1CN(C(=O)Cn2nc3ccccn3c2=O)[C@@H](C)CO1. The van der Waals surface area contributed by atoms with Gasteiger partial charge < -0.3 is 9.64 Å². The maximum absolute atomic E-state index is 12.4. The fourth-order valence-corrected chi connectivity index (χ4v) is 2.54. The number of carbonyl (C=O) groups excluding carboxylic acids is 1. The van der Waals surface area contributed by atoms with Gasteiger partial charge in [0.15, 0.2) is 5.65 Å². The molecule has 1 aliphatic heterocycles. The van der Waals surface area contributed by atoms with Gasteiger partial charge in [-0.1, -0.05) is 6.07 Å². The van der Waals surface area contributed by atoms with Crippen molar-refractivity contribution in [1.29, 1.82) is 0 Å². The third kappa shape index (κ3) is 2.56. The lowest BCUT2D eigenvalue weighted by Crippen LogP contribution is -2.51. The maximum Gasteiger partial charge on any atom is 0.350 e. The van der Waals surface area contributed by atoms with Gasteiger partial charge in [0.05, 0.1) is 18.8 Å². The normalized spacial score (nSPS) is 22.7. The van der Waals surface area contributed by atoms with Crippen molar-refractivity contribution in [3.63, 3.8) is 0 Å². The van der Waals surface area contributed by atoms with Gasteiger partial charge in [-0.3, -0.25) is 9.20 Å². The van der Waals surface area contributed by atoms with Gasteiger partial charge in [-0.15, -0.1) is 5.10 Å². The molecule has 21 heavy (non-hydrogen) atoms. The number of fused-ring (bicyclic) bond motifs is 1. The van der Waals surface area contributed by atoms with Gasteiger partial charge in [0.1, 0.15) is 6.54 Å². The Kier molecular flexibility index (Phi) is 3.50. The van der Waals surface area contributed by atoms with Crippen molar-refractivity contribution in [2.75, 3.05) is 13.2 Å². The summed E-state index contributed by atoms with van der Waals surface area (Å²) in [6.45, 7) is 4.89. The molecule has 112 valence electrons. The summed E-state index contributed by atoms with van der Waals surface area (Å²) < 4.78 is 8.15. The summed E-state index contributed by atoms with van der Waals surface area (Å²) in [5.41, 5.74) is 0.242. The van der Waals surface area contributed by atoms with Crippen molar-refractivity contribution in [1.82, 2.24) is 19.1 Å². The van der Waals surface area contributed by atoms with E-state index in [0.29, 0.717) is 18.8 Å². The number of rotatable bonds is 2. The Labute approximate surface area is 121 Å². The van der Waals surface area contributed by atoms with E-state index >= 15 is 0 Å². The van der Waals surface area contributed by atoms with Gasteiger partial charge in [-0.25, -0.2) is 9.48 Å². The highest BCUT2D eigenvalue weighted by atomic mass is 16.5. The summed E-state index contributed by atoms with van der Waals surface area (Å²) in [4.78, 5) is 26.3. The Morgan fingerprint density at radius 3 is 3.00 bits per heavy atom. The number of hydrogen-bond acceptors (Lipinski definition) is 4. The Morgan fingerprint density at radius 1 is 1.43 bits per heavy atom. The summed E-state index contributed by atoms with van der Waals surface area (Å²) >= 11 is 0. The van der Waals surface area contributed by atoms with Gasteiger partial charge in [0, 0.05) is 12.7 Å². The molecule has 7 nitrogen and oxygen atoms in total. The van der Waals surface area contributed by atoms with E-state index in [4.69, 9.17) is 4.74 Å². The topological polar surface area (TPSA) is 68.8 Å². The third-order valence-corrected chi connectivity index (χ3v) is 3.70. The van der Waals surface area contributed by atoms with Gasteiger partial charge >= 0.3 is 5.69 Å². The van der Waals surface area contributed by atoms with Gasteiger partial charge in [-0.05, 0) is 26.0 Å². The quantitative estimate of drug-likeness (QED) is 0.788. The molecule has 1 fully saturated rings. The van der Waals surface area contributed by atoms with E-state index in [1.54, 1.807) is 29.3 Å². The lowest BCUT2D eigenvalue weighted by atomic mass is 10.2. The molecule has 1 amide bonds. The molecule has 0 saturated carbocycles. The van der Waals surface area contributed by atoms with Crippen molar-refractivity contribution in [3.8, 4) is 0 Å². The maximum atomic E-state index is 12.4. The molecule has 0 spiro atoms. The van der Waals surface area contributed by atoms with Gasteiger partial charge in [-0.2, -0.15) is 0 Å². The number of hydrogen-bond donors (Lipinski definition) is 0. The standard InChI is InChI=1S/C14H18N4O3/c1-10-9-21-11(2)7-17(10)13(19)8-18-14(20)16-6-4-3-5-12(16)15-18/h3-6,10-11H,7-9H2,1-2H3/t10-,11-/m0/s1. The second-order valence-corrected chi connectivity index (χ2v) is 5.41. The minimum atomic E-state index is -0.298. The largest absolute Gasteiger partial charge is 0.375 e. The lowest BCUT2D eigenvalue weighted by Gasteiger charge is -2.36. The van der Waals surface area contributed by atoms with E-state index in [1.807, 2.05) is 13.8 Å². The van der Waals surface area contributed by atoms with Crippen LogP contribution in [0.5, 0.6) is 0 Å². The highest BCUT2D eigenvalue weighted by molar-refractivity contribution is 5.76. The Hall–Kier alpha value is -2.15. The summed E-state index contributed by atoms with van der Waals surface area (Å²) in [5, 5.41) is 4.18. The van der Waals surface area contributed by atoms with Crippen LogP contribution in [-0.2, 0) is 16.1 Å². The van der Waals surface area contributed by atoms with E-state index < -0.39 is 0 Å². The highest BCUT2D eigenvalue weighted by Gasteiger charge is 2.28. The number of morpholine rings is 1. The molecule has 7 heteroatoms. The molecular formula is C14H18N4O3. The Morgan fingerprint density at radius 2 is 2.24 bits per heavy atom. The molecule has 1 saturated heterocycles. The zero-order valence-corrected chi connectivity index (χ0v) is 12.1. The first kappa shape index (κ1) is 13.8. The fourth-order valence-electron chi connectivity index (χ4n) is 2.54. The van der Waals surface area contributed by atoms with Crippen LogP contribution in [0.2, 0.25) is 0 Å². The number of carbonyl (C=O) groups is 1. The van der Waals surface area contributed by atoms with E-state index in [0.717, 1.165) is 0 Å². The van der Waals surface area contributed by atoms with Crippen molar-refractivity contribution < 1.29 is 9.53 Å². The van der Waals surface area contributed by atoms with Crippen LogP contribution in [0, 0.1) is 0 Å². The summed E-state index contributed by atoms with van der Waals surface area (Å²) in [5.74, 6) is -0.108. The molecule has 0 bridgehead atoms. The van der Waals surface area contributed by atoms with Crippen LogP contribution in [0.1, 0.15) is 13.8 Å². The molecule has 3 rings (SSSR count). The number of nitrogens with zero attached hydrogens (tertiary/aromatic N) is 4. The smallest absolute Gasteiger partial charge is 0.350 e. The summed E-state index contributed by atoms with van der Waals surface area (Å²) in [6, 6.07) is 5.32. The molecule has 2 aromatic heterocycles. The number of amides is 1. The van der Waals surface area contributed by atoms with Crippen molar-refractivity contribution >= 4 is 11.6 Å². The zero-order valence-electron chi connectivity index (χ0n) is 12.1. The molecular weight excluding hydrogens is 272 g/mol. The Balaban J connectivity index is 1.83. The third-order valence-electron chi connectivity index (χ3n) is 3.70. The molecule has 0 N–H and O–H groups in total. The predicted octanol–water partition coefficient (Wildman–Crippen LogP) is 0.132. The average Bonchev–Trinajstić information content (AvgIpc) is 2.78. The molecule has 0 aliphatic carbocycles. The van der Waals surface area contributed by atoms with Crippen molar-refractivity contribution in [3.05, 3.63) is 34.9 Å². The molecule has 2 atom stereocenters. The predicted molar refractivity (Wildman–Crippen MR) is 76.0 cm³/mol. The zero-order chi connectivity index (χ0) is 15.0. The average molecular weight is 290 g/mol. The minimum Gasteiger partial charge on any atom is -0.375 e. The molecule has 0 unspecified atom stereocenters. The van der Waals surface area contributed by atoms with E-state index in [2.05, 4.69) is 5.10 Å². The second-order valence-electron chi connectivity index (χ2n) is 5.41. The van der Waals surface area contributed by atoms with Crippen LogP contribution in [0.4, 0.5) is 0 Å². The van der Waals surface area contributed by atoms with Gasteiger partial charge in [0.2, 0.25) is 5.91 Å². The van der Waals surface area contributed by atoms with E-state index in [9.17, 15) is 9.59 Å². The monoisotopic (exact) mass is 290 g/mol. The molecule has 2 aromatic rings. The molecule has 0 radical (unpaired) electrons. The molecule has 3 heterocycles. The number of ether oxygens (including phenoxy) is 1. The first-order valence-electron chi connectivity index (χ1n) is 7.01. The first-order valence-corrected chi connectivity index (χ1v) is 7.01. The van der Waals surface area contributed by atoms with Crippen LogP contribution in [0.3, 0.4) is 0 Å². The minimum absolute atomic E-state index is 0.0152. The second kappa shape index (κ2) is 5.33. The summed E-state index contributed by atoms with van der Waals surface area (Å²) in [7, 11) is 0. The number of aromatic nitrogens is 3. The fraction of sp³-hybridized carbons (Fsp3) is 0.500. The van der Waals surface area contributed by atoms with Crippen LogP contribution < -0.4 is 5.69 Å². The highest BCUT2D eigenvalue weighted by Crippen LogP contribution is 2.11. The first-order chi connectivity index (χ1) is 10.1. The van der Waals surface area contributed by atoms with Crippen molar-refractivity contribution in [2.45, 2.75) is 32.5 Å². The van der Waals surface area contributed by atoms with Crippen LogP contribution in [0.25, 0.3) is 5.65 Å². The molecule has 1 aliphatic rings. The van der Waals surface area contributed by atoms with Crippen LogP contribution >= 0.6 is 0 Å². The van der Waals surface area contributed by atoms with Crippen molar-refractivity contribution in [2.24, 2.45) is 0 Å². The number of pyridine rings is 1. The van der Waals surface area contributed by atoms with Crippen LogP contribution in [0.15, 0.2) is 29.2 Å². The van der Waals surface area contributed by atoms with E-state index in [-0.39, 0.29) is 30.3 Å².